The van der Waals surface area contributed by atoms with Gasteiger partial charge in [-0.2, -0.15) is 0 Å². The predicted octanol–water partition coefficient (Wildman–Crippen LogP) is 4.54. The fraction of sp³-hybridized carbons (Fsp3) is 0.350. The second-order valence-electron chi connectivity index (χ2n) is 6.54. The highest BCUT2D eigenvalue weighted by Crippen LogP contribution is 2.42. The maximum Gasteiger partial charge on any atom is 0.224 e. The SMILES string of the molecule is CC(=O)N1c2ccccc2C(Nc2ccc(C)cc2)C(C)C1C. The van der Waals surface area contributed by atoms with Gasteiger partial charge in [-0.15, -0.1) is 0 Å². The van der Waals surface area contributed by atoms with E-state index in [4.69, 9.17) is 0 Å². The van der Waals surface area contributed by atoms with E-state index >= 15 is 0 Å². The molecule has 2 aromatic rings. The van der Waals surface area contributed by atoms with Crippen LogP contribution in [0.25, 0.3) is 0 Å². The summed E-state index contributed by atoms with van der Waals surface area (Å²) in [7, 11) is 0. The third-order valence-electron chi connectivity index (χ3n) is 4.94. The molecule has 0 aromatic heterocycles. The number of anilines is 2. The average molecular weight is 308 g/mol. The van der Waals surface area contributed by atoms with Crippen LogP contribution >= 0.6 is 0 Å². The zero-order valence-electron chi connectivity index (χ0n) is 14.2. The highest BCUT2D eigenvalue weighted by Gasteiger charge is 2.37. The van der Waals surface area contributed by atoms with E-state index in [9.17, 15) is 4.79 Å². The van der Waals surface area contributed by atoms with Crippen molar-refractivity contribution < 1.29 is 4.79 Å². The van der Waals surface area contributed by atoms with Crippen LogP contribution in [-0.2, 0) is 4.79 Å². The molecular formula is C20H24N2O. The number of hydrogen-bond donors (Lipinski definition) is 1. The molecule has 1 aliphatic rings. The molecule has 3 atom stereocenters. The van der Waals surface area contributed by atoms with Crippen LogP contribution in [0.2, 0.25) is 0 Å². The van der Waals surface area contributed by atoms with Crippen molar-refractivity contribution in [1.29, 1.82) is 0 Å². The van der Waals surface area contributed by atoms with Gasteiger partial charge < -0.3 is 10.2 Å². The van der Waals surface area contributed by atoms with E-state index in [2.05, 4.69) is 56.4 Å². The summed E-state index contributed by atoms with van der Waals surface area (Å²) in [5.41, 5.74) is 4.58. The lowest BCUT2D eigenvalue weighted by molar-refractivity contribution is -0.117. The fourth-order valence-electron chi connectivity index (χ4n) is 3.48. The number of nitrogens with one attached hydrogen (secondary N) is 1. The molecule has 1 aliphatic heterocycles. The molecule has 120 valence electrons. The van der Waals surface area contributed by atoms with Crippen molar-refractivity contribution in [1.82, 2.24) is 0 Å². The van der Waals surface area contributed by atoms with Crippen molar-refractivity contribution in [2.75, 3.05) is 10.2 Å². The van der Waals surface area contributed by atoms with Gasteiger partial charge in [0.1, 0.15) is 0 Å². The predicted molar refractivity (Wildman–Crippen MR) is 95.8 cm³/mol. The molecule has 0 saturated carbocycles. The molecule has 3 nitrogen and oxygen atoms in total. The van der Waals surface area contributed by atoms with Crippen LogP contribution in [0.4, 0.5) is 11.4 Å². The van der Waals surface area contributed by atoms with Gasteiger partial charge in [0.2, 0.25) is 5.91 Å². The molecule has 0 saturated heterocycles. The first-order chi connectivity index (χ1) is 11.0. The smallest absolute Gasteiger partial charge is 0.224 e. The Labute approximate surface area is 138 Å². The van der Waals surface area contributed by atoms with Gasteiger partial charge in [-0.3, -0.25) is 4.79 Å². The lowest BCUT2D eigenvalue weighted by Crippen LogP contribution is -2.48. The number of carbonyl (C=O) groups excluding carboxylic acids is 1. The number of rotatable bonds is 2. The van der Waals surface area contributed by atoms with Gasteiger partial charge in [0.15, 0.2) is 0 Å². The monoisotopic (exact) mass is 308 g/mol. The van der Waals surface area contributed by atoms with E-state index in [1.165, 1.54) is 11.1 Å². The minimum Gasteiger partial charge on any atom is -0.378 e. The number of amides is 1. The summed E-state index contributed by atoms with van der Waals surface area (Å²) in [6.45, 7) is 8.08. The molecular weight excluding hydrogens is 284 g/mol. The minimum atomic E-state index is 0.102. The first kappa shape index (κ1) is 15.6. The Morgan fingerprint density at radius 3 is 2.35 bits per heavy atom. The lowest BCUT2D eigenvalue weighted by atomic mass is 9.82. The van der Waals surface area contributed by atoms with Crippen LogP contribution in [-0.4, -0.2) is 11.9 Å². The van der Waals surface area contributed by atoms with E-state index in [0.717, 1.165) is 11.4 Å². The van der Waals surface area contributed by atoms with Crippen LogP contribution in [0.15, 0.2) is 48.5 Å². The van der Waals surface area contributed by atoms with E-state index < -0.39 is 0 Å². The summed E-state index contributed by atoms with van der Waals surface area (Å²) >= 11 is 0. The van der Waals surface area contributed by atoms with Crippen LogP contribution < -0.4 is 10.2 Å². The minimum absolute atomic E-state index is 0.102. The molecule has 0 bridgehead atoms. The second kappa shape index (κ2) is 6.07. The Hall–Kier alpha value is -2.29. The first-order valence-corrected chi connectivity index (χ1v) is 8.21. The maximum absolute atomic E-state index is 12.1. The van der Waals surface area contributed by atoms with Gasteiger partial charge in [-0.1, -0.05) is 42.8 Å². The number of fused-ring (bicyclic) bond motifs is 1. The zero-order valence-corrected chi connectivity index (χ0v) is 14.2. The van der Waals surface area contributed by atoms with Gasteiger partial charge in [-0.25, -0.2) is 0 Å². The van der Waals surface area contributed by atoms with Gasteiger partial charge in [0.25, 0.3) is 0 Å². The third-order valence-corrected chi connectivity index (χ3v) is 4.94. The van der Waals surface area contributed by atoms with E-state index in [-0.39, 0.29) is 18.0 Å². The number of para-hydroxylation sites is 1. The Morgan fingerprint density at radius 2 is 1.70 bits per heavy atom. The molecule has 0 fully saturated rings. The summed E-state index contributed by atoms with van der Waals surface area (Å²) < 4.78 is 0. The van der Waals surface area contributed by atoms with Crippen molar-refractivity contribution in [3.63, 3.8) is 0 Å². The molecule has 2 aromatic carbocycles. The second-order valence-corrected chi connectivity index (χ2v) is 6.54. The van der Waals surface area contributed by atoms with Gasteiger partial charge in [0.05, 0.1) is 6.04 Å². The Bertz CT molecular complexity index is 708. The van der Waals surface area contributed by atoms with Crippen molar-refractivity contribution in [2.45, 2.75) is 39.8 Å². The Balaban J connectivity index is 2.01. The van der Waals surface area contributed by atoms with Gasteiger partial charge >= 0.3 is 0 Å². The highest BCUT2D eigenvalue weighted by molar-refractivity contribution is 5.93. The van der Waals surface area contributed by atoms with Gasteiger partial charge in [0, 0.05) is 30.3 Å². The van der Waals surface area contributed by atoms with Crippen molar-refractivity contribution in [2.24, 2.45) is 5.92 Å². The molecule has 23 heavy (non-hydrogen) atoms. The number of aryl methyl sites for hydroxylation is 1. The molecule has 1 heterocycles. The Morgan fingerprint density at radius 1 is 1.04 bits per heavy atom. The Kier molecular flexibility index (Phi) is 4.12. The lowest BCUT2D eigenvalue weighted by Gasteiger charge is -2.44. The standard InChI is InChI=1S/C20H24N2O/c1-13-9-11-17(12-10-13)21-20-14(2)15(3)22(16(4)23)19-8-6-5-7-18(19)20/h5-12,14-15,20-21H,1-4H3. The summed E-state index contributed by atoms with van der Waals surface area (Å²) in [5, 5.41) is 3.67. The number of hydrogen-bond acceptors (Lipinski definition) is 2. The normalized spacial score (nSPS) is 23.3. The van der Waals surface area contributed by atoms with E-state index in [1.807, 2.05) is 23.1 Å². The van der Waals surface area contributed by atoms with Gasteiger partial charge in [-0.05, 0) is 37.6 Å². The molecule has 3 rings (SSSR count). The molecule has 1 amide bonds. The highest BCUT2D eigenvalue weighted by atomic mass is 16.2. The molecule has 0 spiro atoms. The summed E-state index contributed by atoms with van der Waals surface area (Å²) in [5.74, 6) is 0.417. The molecule has 0 aliphatic carbocycles. The largest absolute Gasteiger partial charge is 0.378 e. The topological polar surface area (TPSA) is 32.3 Å². The fourth-order valence-corrected chi connectivity index (χ4v) is 3.48. The molecule has 0 radical (unpaired) electrons. The first-order valence-electron chi connectivity index (χ1n) is 8.21. The summed E-state index contributed by atoms with van der Waals surface area (Å²) in [4.78, 5) is 14.0. The van der Waals surface area contributed by atoms with Crippen molar-refractivity contribution >= 4 is 17.3 Å². The van der Waals surface area contributed by atoms with Crippen LogP contribution in [0.5, 0.6) is 0 Å². The number of carbonyl (C=O) groups is 1. The molecule has 3 heteroatoms. The van der Waals surface area contributed by atoms with Crippen LogP contribution in [0.3, 0.4) is 0 Å². The maximum atomic E-state index is 12.1. The third kappa shape index (κ3) is 2.83. The molecule has 3 unspecified atom stereocenters. The summed E-state index contributed by atoms with van der Waals surface area (Å²) in [6, 6.07) is 17.0. The van der Waals surface area contributed by atoms with E-state index in [0.29, 0.717) is 5.92 Å². The van der Waals surface area contributed by atoms with Crippen LogP contribution in [0.1, 0.15) is 37.9 Å². The van der Waals surface area contributed by atoms with E-state index in [1.54, 1.807) is 6.92 Å². The number of nitrogens with zero attached hydrogens (tertiary/aromatic N) is 1. The molecule has 1 N–H and O–H groups in total. The van der Waals surface area contributed by atoms with Crippen molar-refractivity contribution in [3.05, 3.63) is 59.7 Å². The zero-order chi connectivity index (χ0) is 16.6. The summed E-state index contributed by atoms with van der Waals surface area (Å²) in [6.07, 6.45) is 0. The number of benzene rings is 2. The van der Waals surface area contributed by atoms with Crippen molar-refractivity contribution in [3.8, 4) is 0 Å². The average Bonchev–Trinajstić information content (AvgIpc) is 2.53. The quantitative estimate of drug-likeness (QED) is 0.883. The van der Waals surface area contributed by atoms with Crippen LogP contribution in [0, 0.1) is 12.8 Å².